The average molecular weight is 336 g/mol. The van der Waals surface area contributed by atoms with Gasteiger partial charge in [0.1, 0.15) is 5.75 Å². The average Bonchev–Trinajstić information content (AvgIpc) is 2.50. The second-order valence-electron chi connectivity index (χ2n) is 5.21. The largest absolute Gasteiger partial charge is 0.493 e. The monoisotopic (exact) mass is 335 g/mol. The molecule has 5 heteroatoms. The lowest BCUT2D eigenvalue weighted by molar-refractivity contribution is -0.121. The summed E-state index contributed by atoms with van der Waals surface area (Å²) in [6.45, 7) is 0.601. The zero-order valence-corrected chi connectivity index (χ0v) is 13.3. The van der Waals surface area contributed by atoms with Crippen LogP contribution in [0.25, 0.3) is 0 Å². The molecule has 114 valence electrons. The van der Waals surface area contributed by atoms with Crippen LogP contribution in [0.5, 0.6) is 5.75 Å². The van der Waals surface area contributed by atoms with Gasteiger partial charge in [0, 0.05) is 22.0 Å². The summed E-state index contributed by atoms with van der Waals surface area (Å²) >= 11 is 12.0. The number of para-hydroxylation sites is 1. The lowest BCUT2D eigenvalue weighted by atomic mass is 10.00. The first-order valence-corrected chi connectivity index (χ1v) is 7.84. The molecular weight excluding hydrogens is 321 g/mol. The molecule has 0 saturated heterocycles. The van der Waals surface area contributed by atoms with E-state index in [-0.39, 0.29) is 18.4 Å². The van der Waals surface area contributed by atoms with E-state index in [2.05, 4.69) is 5.32 Å². The molecule has 1 heterocycles. The number of carbonyl (C=O) groups excluding carboxylic acids is 1. The lowest BCUT2D eigenvalue weighted by Crippen LogP contribution is -2.33. The minimum absolute atomic E-state index is 0.0245. The van der Waals surface area contributed by atoms with Gasteiger partial charge in [-0.15, -0.1) is 0 Å². The Labute approximate surface area is 139 Å². The summed E-state index contributed by atoms with van der Waals surface area (Å²) in [7, 11) is 0. The molecule has 0 fully saturated rings. The van der Waals surface area contributed by atoms with Crippen LogP contribution >= 0.6 is 23.2 Å². The smallest absolute Gasteiger partial charge is 0.224 e. The van der Waals surface area contributed by atoms with Crippen molar-refractivity contribution in [3.05, 3.63) is 63.6 Å². The summed E-state index contributed by atoms with van der Waals surface area (Å²) in [5.74, 6) is 0.773. The van der Waals surface area contributed by atoms with Gasteiger partial charge in [0.25, 0.3) is 0 Å². The van der Waals surface area contributed by atoms with Crippen LogP contribution in [0, 0.1) is 0 Å². The quantitative estimate of drug-likeness (QED) is 0.913. The molecule has 1 atom stereocenters. The van der Waals surface area contributed by atoms with Crippen molar-refractivity contribution in [2.45, 2.75) is 18.9 Å². The van der Waals surface area contributed by atoms with Crippen molar-refractivity contribution in [3.63, 3.8) is 0 Å². The number of ether oxygens (including phenoxy) is 1. The number of carbonyl (C=O) groups is 1. The Morgan fingerprint density at radius 2 is 2.05 bits per heavy atom. The van der Waals surface area contributed by atoms with Gasteiger partial charge >= 0.3 is 0 Å². The molecule has 22 heavy (non-hydrogen) atoms. The van der Waals surface area contributed by atoms with Gasteiger partial charge < -0.3 is 10.1 Å². The molecule has 1 aliphatic heterocycles. The second kappa shape index (κ2) is 6.59. The predicted molar refractivity (Wildman–Crippen MR) is 87.6 cm³/mol. The second-order valence-corrected chi connectivity index (χ2v) is 6.05. The van der Waals surface area contributed by atoms with E-state index in [0.717, 1.165) is 23.3 Å². The minimum Gasteiger partial charge on any atom is -0.493 e. The Bertz CT molecular complexity index is 703. The molecule has 0 aromatic heterocycles. The Balaban J connectivity index is 1.70. The van der Waals surface area contributed by atoms with Gasteiger partial charge in [-0.05, 0) is 23.8 Å². The van der Waals surface area contributed by atoms with Crippen LogP contribution in [-0.4, -0.2) is 12.5 Å². The highest BCUT2D eigenvalue weighted by Gasteiger charge is 2.22. The normalized spacial score (nSPS) is 16.5. The minimum atomic E-state index is -0.0640. The van der Waals surface area contributed by atoms with Crippen LogP contribution < -0.4 is 10.1 Å². The number of rotatable bonds is 3. The SMILES string of the molecule is O=C(Cc1ccc(Cl)cc1Cl)NC1CCOc2ccccc21. The number of amides is 1. The molecule has 3 nitrogen and oxygen atoms in total. The molecule has 2 aromatic carbocycles. The molecule has 0 spiro atoms. The highest BCUT2D eigenvalue weighted by molar-refractivity contribution is 6.35. The molecule has 2 aromatic rings. The lowest BCUT2D eigenvalue weighted by Gasteiger charge is -2.26. The molecule has 0 saturated carbocycles. The third-order valence-corrected chi connectivity index (χ3v) is 4.25. The number of halogens is 2. The van der Waals surface area contributed by atoms with Crippen LogP contribution in [0.3, 0.4) is 0 Å². The predicted octanol–water partition coefficient (Wildman–Crippen LogP) is 4.18. The van der Waals surface area contributed by atoms with Crippen molar-refractivity contribution in [1.29, 1.82) is 0 Å². The van der Waals surface area contributed by atoms with Crippen molar-refractivity contribution in [3.8, 4) is 5.75 Å². The Morgan fingerprint density at radius 1 is 1.23 bits per heavy atom. The first kappa shape index (κ1) is 15.2. The topological polar surface area (TPSA) is 38.3 Å². The Kier molecular flexibility index (Phi) is 4.55. The van der Waals surface area contributed by atoms with Crippen molar-refractivity contribution in [2.24, 2.45) is 0 Å². The van der Waals surface area contributed by atoms with Gasteiger partial charge in [-0.1, -0.05) is 47.5 Å². The molecule has 1 N–H and O–H groups in total. The van der Waals surface area contributed by atoms with E-state index < -0.39 is 0 Å². The highest BCUT2D eigenvalue weighted by Crippen LogP contribution is 2.31. The number of hydrogen-bond acceptors (Lipinski definition) is 2. The number of benzene rings is 2. The molecule has 1 aliphatic rings. The summed E-state index contributed by atoms with van der Waals surface area (Å²) in [5.41, 5.74) is 1.79. The van der Waals surface area contributed by atoms with Gasteiger partial charge in [0.15, 0.2) is 0 Å². The Hall–Kier alpha value is -1.71. The van der Waals surface area contributed by atoms with Crippen molar-refractivity contribution in [2.75, 3.05) is 6.61 Å². The maximum atomic E-state index is 12.3. The van der Waals surface area contributed by atoms with Gasteiger partial charge in [-0.25, -0.2) is 0 Å². The molecule has 1 unspecified atom stereocenters. The molecule has 0 aliphatic carbocycles. The standard InChI is InChI=1S/C17H15Cl2NO2/c18-12-6-5-11(14(19)10-12)9-17(21)20-15-7-8-22-16-4-2-1-3-13(15)16/h1-6,10,15H,7-9H2,(H,20,21). The molecule has 1 amide bonds. The van der Waals surface area contributed by atoms with Gasteiger partial charge in [-0.3, -0.25) is 4.79 Å². The van der Waals surface area contributed by atoms with Crippen LogP contribution in [0.4, 0.5) is 0 Å². The molecule has 0 radical (unpaired) electrons. The van der Waals surface area contributed by atoms with E-state index in [0.29, 0.717) is 16.7 Å². The summed E-state index contributed by atoms with van der Waals surface area (Å²) in [6.07, 6.45) is 0.993. The summed E-state index contributed by atoms with van der Waals surface area (Å²) < 4.78 is 5.60. The van der Waals surface area contributed by atoms with Crippen LogP contribution in [0.15, 0.2) is 42.5 Å². The van der Waals surface area contributed by atoms with Crippen LogP contribution in [0.2, 0.25) is 10.0 Å². The summed E-state index contributed by atoms with van der Waals surface area (Å²) in [4.78, 5) is 12.3. The van der Waals surface area contributed by atoms with Crippen molar-refractivity contribution < 1.29 is 9.53 Å². The van der Waals surface area contributed by atoms with E-state index in [9.17, 15) is 4.79 Å². The third-order valence-electron chi connectivity index (χ3n) is 3.66. The number of fused-ring (bicyclic) bond motifs is 1. The highest BCUT2D eigenvalue weighted by atomic mass is 35.5. The number of nitrogens with one attached hydrogen (secondary N) is 1. The van der Waals surface area contributed by atoms with Crippen molar-refractivity contribution >= 4 is 29.1 Å². The first-order chi connectivity index (χ1) is 10.6. The van der Waals surface area contributed by atoms with E-state index in [1.54, 1.807) is 18.2 Å². The number of hydrogen-bond donors (Lipinski definition) is 1. The van der Waals surface area contributed by atoms with E-state index in [1.807, 2.05) is 24.3 Å². The zero-order valence-electron chi connectivity index (χ0n) is 11.8. The maximum Gasteiger partial charge on any atom is 0.224 e. The van der Waals surface area contributed by atoms with Crippen molar-refractivity contribution in [1.82, 2.24) is 5.32 Å². The van der Waals surface area contributed by atoms with Crippen LogP contribution in [-0.2, 0) is 11.2 Å². The Morgan fingerprint density at radius 3 is 2.86 bits per heavy atom. The first-order valence-electron chi connectivity index (χ1n) is 7.08. The zero-order chi connectivity index (χ0) is 15.5. The van der Waals surface area contributed by atoms with E-state index in [4.69, 9.17) is 27.9 Å². The maximum absolute atomic E-state index is 12.3. The van der Waals surface area contributed by atoms with E-state index >= 15 is 0 Å². The molecular formula is C17H15Cl2NO2. The fourth-order valence-corrected chi connectivity index (χ4v) is 3.05. The summed E-state index contributed by atoms with van der Waals surface area (Å²) in [5, 5.41) is 4.13. The molecule has 3 rings (SSSR count). The third kappa shape index (κ3) is 3.37. The van der Waals surface area contributed by atoms with Gasteiger partial charge in [0.2, 0.25) is 5.91 Å². The van der Waals surface area contributed by atoms with E-state index in [1.165, 1.54) is 0 Å². The van der Waals surface area contributed by atoms with Gasteiger partial charge in [0.05, 0.1) is 19.1 Å². The molecule has 0 bridgehead atoms. The summed E-state index contributed by atoms with van der Waals surface area (Å²) in [6, 6.07) is 12.9. The fourth-order valence-electron chi connectivity index (χ4n) is 2.58. The fraction of sp³-hybridized carbons (Fsp3) is 0.235. The van der Waals surface area contributed by atoms with Gasteiger partial charge in [-0.2, -0.15) is 0 Å². The van der Waals surface area contributed by atoms with Crippen LogP contribution in [0.1, 0.15) is 23.6 Å².